The van der Waals surface area contributed by atoms with Crippen LogP contribution < -0.4 is 0 Å². The van der Waals surface area contributed by atoms with E-state index in [9.17, 15) is 0 Å². The smallest absolute Gasteiger partial charge is 0.204 e. The van der Waals surface area contributed by atoms with Crippen LogP contribution in [0, 0.1) is 0 Å². The molecule has 0 unspecified atom stereocenters. The first-order valence-electron chi connectivity index (χ1n) is 3.35. The van der Waals surface area contributed by atoms with Gasteiger partial charge in [-0.25, -0.2) is 0 Å². The van der Waals surface area contributed by atoms with Gasteiger partial charge in [0, 0.05) is 8.09 Å². The van der Waals surface area contributed by atoms with E-state index in [1.807, 2.05) is 0 Å². The molecule has 1 aliphatic heterocycles. The zero-order valence-electron chi connectivity index (χ0n) is 7.26. The van der Waals surface area contributed by atoms with Gasteiger partial charge >= 0.3 is 0 Å². The Bertz CT molecular complexity index is 253. The van der Waals surface area contributed by atoms with E-state index >= 15 is 0 Å². The van der Waals surface area contributed by atoms with Crippen LogP contribution in [0.4, 0.5) is 0 Å². The molecule has 1 aliphatic rings. The minimum atomic E-state index is -0.0866. The zero-order chi connectivity index (χ0) is 8.97. The van der Waals surface area contributed by atoms with Crippen molar-refractivity contribution in [1.82, 2.24) is 0 Å². The van der Waals surface area contributed by atoms with Crippen molar-refractivity contribution in [2.24, 2.45) is 0 Å². The highest BCUT2D eigenvalue weighted by atomic mass is 127. The molecule has 0 aliphatic carbocycles. The lowest BCUT2D eigenvalue weighted by Gasteiger charge is -2.14. The summed E-state index contributed by atoms with van der Waals surface area (Å²) in [5.74, 6) is 2.25. The van der Waals surface area contributed by atoms with Gasteiger partial charge in [-0.15, -0.1) is 0 Å². The van der Waals surface area contributed by atoms with Gasteiger partial charge in [-0.3, -0.25) is 0 Å². The Kier molecular flexibility index (Phi) is 3.58. The molecule has 0 saturated carbocycles. The molecule has 0 aromatic heterocycles. The maximum Gasteiger partial charge on any atom is 0.204 e. The van der Waals surface area contributed by atoms with Crippen LogP contribution >= 0.6 is 20.7 Å². The summed E-state index contributed by atoms with van der Waals surface area (Å²) < 4.78 is 19.5. The van der Waals surface area contributed by atoms with Crippen LogP contribution in [-0.2, 0) is 14.2 Å². The number of hydrogen-bond acceptors (Lipinski definition) is 3. The quantitative estimate of drug-likeness (QED) is 0.738. The Morgan fingerprint density at radius 1 is 1.08 bits per heavy atom. The van der Waals surface area contributed by atoms with E-state index < -0.39 is 0 Å². The third-order valence-electron chi connectivity index (χ3n) is 1.42. The normalized spacial score (nSPS) is 16.4. The second-order valence-corrected chi connectivity index (χ2v) is 3.98. The van der Waals surface area contributed by atoms with Crippen LogP contribution in [-0.4, -0.2) is 25.3 Å². The van der Waals surface area contributed by atoms with Gasteiger partial charge in [0.25, 0.3) is 0 Å². The second kappa shape index (κ2) is 4.49. The number of methoxy groups -OCH3 is 3. The highest BCUT2D eigenvalue weighted by Crippen LogP contribution is 2.24. The summed E-state index contributed by atoms with van der Waals surface area (Å²) in [4.78, 5) is 0. The molecule has 0 aromatic carbocycles. The maximum absolute atomic E-state index is 5.15. The number of halogens is 1. The summed E-state index contributed by atoms with van der Waals surface area (Å²) in [6.45, 7) is 0. The average molecular weight is 282 g/mol. The van der Waals surface area contributed by atoms with Crippen molar-refractivity contribution in [3.05, 3.63) is 21.4 Å². The summed E-state index contributed by atoms with van der Waals surface area (Å²) in [5.41, 5.74) is 0. The molecule has 0 saturated heterocycles. The molecule has 0 bridgehead atoms. The molecule has 0 fully saturated rings. The van der Waals surface area contributed by atoms with Gasteiger partial charge in [0.2, 0.25) is 5.76 Å². The molecule has 4 heteroatoms. The summed E-state index contributed by atoms with van der Waals surface area (Å²) in [6, 6.07) is 0. The largest absolute Gasteiger partial charge is 0.492 e. The number of allylic oxidation sites excluding steroid dienone is 1. The van der Waals surface area contributed by atoms with Crippen molar-refractivity contribution < 1.29 is 14.2 Å². The fourth-order valence-electron chi connectivity index (χ4n) is 0.842. The van der Waals surface area contributed by atoms with E-state index in [0.29, 0.717) is 5.76 Å². The average Bonchev–Trinajstić information content (AvgIpc) is 2.16. The van der Waals surface area contributed by atoms with Gasteiger partial charge in [0.15, 0.2) is 11.5 Å². The summed E-state index contributed by atoms with van der Waals surface area (Å²) in [5, 5.41) is 0. The van der Waals surface area contributed by atoms with Crippen LogP contribution in [0.3, 0.4) is 0 Å². The van der Waals surface area contributed by atoms with Crippen molar-refractivity contribution in [2.45, 2.75) is 0 Å². The molecular weight excluding hydrogens is 271 g/mol. The Morgan fingerprint density at radius 3 is 2.33 bits per heavy atom. The Hall–Kier alpha value is -0.520. The number of ether oxygens (including phenoxy) is 3. The molecule has 0 aromatic rings. The van der Waals surface area contributed by atoms with E-state index in [1.54, 1.807) is 21.3 Å². The fourth-order valence-corrected chi connectivity index (χ4v) is 2.75. The lowest BCUT2D eigenvalue weighted by Crippen LogP contribution is -2.04. The lowest BCUT2D eigenvalue weighted by molar-refractivity contribution is 0.195. The molecule has 3 nitrogen and oxygen atoms in total. The van der Waals surface area contributed by atoms with Gasteiger partial charge in [-0.05, 0) is 0 Å². The Labute approximate surface area is 81.7 Å². The first kappa shape index (κ1) is 9.57. The van der Waals surface area contributed by atoms with Crippen molar-refractivity contribution in [3.8, 4) is 0 Å². The molecule has 0 amide bonds. The van der Waals surface area contributed by atoms with E-state index in [2.05, 4.69) is 8.09 Å². The predicted molar refractivity (Wildman–Crippen MR) is 56.2 cm³/mol. The van der Waals surface area contributed by atoms with Crippen molar-refractivity contribution >= 4 is 24.7 Å². The lowest BCUT2D eigenvalue weighted by atomic mass is 10.4. The number of rotatable bonds is 3. The van der Waals surface area contributed by atoms with Crippen LogP contribution in [0.2, 0.25) is 0 Å². The first-order valence-corrected chi connectivity index (χ1v) is 5.84. The molecule has 0 radical (unpaired) electrons. The summed E-state index contributed by atoms with van der Waals surface area (Å²) in [7, 11) is 4.87. The molecule has 0 atom stereocenters. The standard InChI is InChI=1S/C8H11IO3/c1-10-6-4-9-5-7(11-2)8(6)12-3/h4-5H,1-3H3. The van der Waals surface area contributed by atoms with Crippen LogP contribution in [0.5, 0.6) is 0 Å². The van der Waals surface area contributed by atoms with E-state index in [-0.39, 0.29) is 20.7 Å². The molecule has 0 N–H and O–H groups in total. The summed E-state index contributed by atoms with van der Waals surface area (Å²) in [6.07, 6.45) is 0. The molecule has 1 heterocycles. The Balaban J connectivity index is 3.00. The molecule has 68 valence electrons. The van der Waals surface area contributed by atoms with Gasteiger partial charge in [0.05, 0.1) is 21.3 Å². The van der Waals surface area contributed by atoms with E-state index in [4.69, 9.17) is 14.2 Å². The van der Waals surface area contributed by atoms with Crippen molar-refractivity contribution in [1.29, 1.82) is 0 Å². The Morgan fingerprint density at radius 2 is 1.83 bits per heavy atom. The maximum atomic E-state index is 5.15. The van der Waals surface area contributed by atoms with Crippen LogP contribution in [0.1, 0.15) is 0 Å². The monoisotopic (exact) mass is 282 g/mol. The third kappa shape index (κ3) is 1.80. The fraction of sp³-hybridized carbons (Fsp3) is 0.375. The van der Waals surface area contributed by atoms with Gasteiger partial charge < -0.3 is 14.2 Å². The second-order valence-electron chi connectivity index (χ2n) is 2.01. The van der Waals surface area contributed by atoms with Gasteiger partial charge in [-0.2, -0.15) is 0 Å². The highest BCUT2D eigenvalue weighted by molar-refractivity contribution is 14.2. The molecule has 1 rings (SSSR count). The molecule has 12 heavy (non-hydrogen) atoms. The predicted octanol–water partition coefficient (Wildman–Crippen LogP) is 1.77. The highest BCUT2D eigenvalue weighted by Gasteiger charge is 2.14. The van der Waals surface area contributed by atoms with E-state index in [1.165, 1.54) is 0 Å². The minimum Gasteiger partial charge on any atom is -0.492 e. The van der Waals surface area contributed by atoms with Gasteiger partial charge in [-0.1, -0.05) is 20.7 Å². The zero-order valence-corrected chi connectivity index (χ0v) is 9.41. The van der Waals surface area contributed by atoms with Crippen molar-refractivity contribution in [2.75, 3.05) is 21.3 Å². The summed E-state index contributed by atoms with van der Waals surface area (Å²) >= 11 is -0.0866. The first-order chi connectivity index (χ1) is 5.83. The van der Waals surface area contributed by atoms with Crippen molar-refractivity contribution in [3.63, 3.8) is 0 Å². The van der Waals surface area contributed by atoms with E-state index in [0.717, 1.165) is 11.5 Å². The minimum absolute atomic E-state index is 0.0866. The number of hydrogen-bond donors (Lipinski definition) is 0. The van der Waals surface area contributed by atoms with Gasteiger partial charge in [0.1, 0.15) is 0 Å². The molecular formula is C8H11IO3. The SMILES string of the molecule is COC1=CI=CC(OC)=C1OC. The third-order valence-corrected chi connectivity index (χ3v) is 3.27. The topological polar surface area (TPSA) is 27.7 Å². The van der Waals surface area contributed by atoms with Crippen LogP contribution in [0.25, 0.3) is 0 Å². The van der Waals surface area contributed by atoms with Crippen LogP contribution in [0.15, 0.2) is 21.4 Å². The molecule has 0 spiro atoms.